The van der Waals surface area contributed by atoms with Gasteiger partial charge in [0.05, 0.1) is 18.0 Å². The van der Waals surface area contributed by atoms with Gasteiger partial charge in [-0.15, -0.1) is 0 Å². The highest BCUT2D eigenvalue weighted by Crippen LogP contribution is 2.22. The van der Waals surface area contributed by atoms with Crippen molar-refractivity contribution in [2.45, 2.75) is 6.54 Å². The number of nitrogens with one attached hydrogen (secondary N) is 1. The van der Waals surface area contributed by atoms with Crippen LogP contribution in [-0.2, 0) is 11.3 Å². The number of aromatic nitrogens is 2. The van der Waals surface area contributed by atoms with Crippen LogP contribution in [0.2, 0.25) is 0 Å². The molecule has 8 nitrogen and oxygen atoms in total. The molecule has 1 saturated heterocycles. The van der Waals surface area contributed by atoms with Gasteiger partial charge in [-0.05, 0) is 35.9 Å². The van der Waals surface area contributed by atoms with Gasteiger partial charge in [-0.2, -0.15) is 9.78 Å². The van der Waals surface area contributed by atoms with Crippen molar-refractivity contribution in [1.82, 2.24) is 14.7 Å². The van der Waals surface area contributed by atoms with Crippen LogP contribution in [0.25, 0.3) is 5.69 Å². The van der Waals surface area contributed by atoms with Crippen molar-refractivity contribution in [2.75, 3.05) is 11.1 Å². The summed E-state index contributed by atoms with van der Waals surface area (Å²) in [4.78, 5) is 49.3. The maximum atomic E-state index is 12.6. The Labute approximate surface area is 175 Å². The van der Waals surface area contributed by atoms with Gasteiger partial charge in [0, 0.05) is 11.8 Å². The Bertz CT molecular complexity index is 1160. The summed E-state index contributed by atoms with van der Waals surface area (Å²) in [5, 5.41) is 6.62. The van der Waals surface area contributed by atoms with E-state index in [1.165, 1.54) is 21.7 Å². The number of thioether (sulfide) groups is 1. The Balaban J connectivity index is 1.47. The van der Waals surface area contributed by atoms with Crippen molar-refractivity contribution in [3.63, 3.8) is 0 Å². The predicted octanol–water partition coefficient (Wildman–Crippen LogP) is 2.68. The number of carbonyl (C=O) groups excluding carboxylic acids is 3. The van der Waals surface area contributed by atoms with E-state index in [0.717, 1.165) is 17.3 Å². The third-order valence-electron chi connectivity index (χ3n) is 4.43. The molecule has 2 aromatic carbocycles. The zero-order chi connectivity index (χ0) is 21.1. The van der Waals surface area contributed by atoms with Gasteiger partial charge in [0.2, 0.25) is 5.91 Å². The fraction of sp³-hybridized carbons (Fsp3) is 0.0952. The first-order valence-corrected chi connectivity index (χ1v) is 10.0. The molecule has 2 heterocycles. The van der Waals surface area contributed by atoms with Crippen LogP contribution in [0, 0.1) is 0 Å². The maximum Gasteiger partial charge on any atom is 0.289 e. The molecule has 0 aliphatic carbocycles. The lowest BCUT2D eigenvalue weighted by Gasteiger charge is -2.13. The zero-order valence-electron chi connectivity index (χ0n) is 15.6. The van der Waals surface area contributed by atoms with Crippen molar-refractivity contribution >= 4 is 34.5 Å². The summed E-state index contributed by atoms with van der Waals surface area (Å²) < 4.78 is 1.17. The van der Waals surface area contributed by atoms with Crippen molar-refractivity contribution in [3.8, 4) is 5.69 Å². The van der Waals surface area contributed by atoms with Crippen molar-refractivity contribution in [2.24, 2.45) is 0 Å². The van der Waals surface area contributed by atoms with Gasteiger partial charge in [-0.1, -0.05) is 42.1 Å². The van der Waals surface area contributed by atoms with Gasteiger partial charge in [0.15, 0.2) is 0 Å². The summed E-state index contributed by atoms with van der Waals surface area (Å²) >= 11 is 0.992. The third-order valence-corrected chi connectivity index (χ3v) is 5.29. The largest absolute Gasteiger partial charge is 0.321 e. The number of rotatable bonds is 5. The standard InChI is InChI=1S/C21H16N4O4S/c26-18-11-10-17(23-25(18)16-4-2-1-3-5-16)20(28)22-15-8-6-14(7-9-15)12-24-19(27)13-30-21(24)29/h1-11H,12-13H2,(H,22,28). The molecular weight excluding hydrogens is 404 g/mol. The lowest BCUT2D eigenvalue weighted by atomic mass is 10.2. The summed E-state index contributed by atoms with van der Waals surface area (Å²) in [6.07, 6.45) is 0. The first kappa shape index (κ1) is 19.6. The number of para-hydroxylation sites is 1. The molecule has 150 valence electrons. The van der Waals surface area contributed by atoms with Gasteiger partial charge in [0.1, 0.15) is 5.69 Å². The normalized spacial score (nSPS) is 13.5. The van der Waals surface area contributed by atoms with E-state index in [1.54, 1.807) is 48.5 Å². The zero-order valence-corrected chi connectivity index (χ0v) is 16.5. The van der Waals surface area contributed by atoms with E-state index in [0.29, 0.717) is 11.4 Å². The van der Waals surface area contributed by atoms with E-state index in [2.05, 4.69) is 10.4 Å². The number of nitrogens with zero attached hydrogens (tertiary/aromatic N) is 3. The summed E-state index contributed by atoms with van der Waals surface area (Å²) in [6, 6.07) is 18.3. The Kier molecular flexibility index (Phi) is 5.44. The van der Waals surface area contributed by atoms with E-state index >= 15 is 0 Å². The Hall–Kier alpha value is -3.72. The minimum atomic E-state index is -0.464. The van der Waals surface area contributed by atoms with Crippen molar-refractivity contribution < 1.29 is 14.4 Å². The van der Waals surface area contributed by atoms with Crippen molar-refractivity contribution in [1.29, 1.82) is 0 Å². The SMILES string of the molecule is O=C(Nc1ccc(CN2C(=O)CSC2=O)cc1)c1ccc(=O)n(-c2ccccc2)n1. The molecule has 0 saturated carbocycles. The fourth-order valence-electron chi connectivity index (χ4n) is 2.89. The average Bonchev–Trinajstić information content (AvgIpc) is 3.08. The average molecular weight is 420 g/mol. The minimum Gasteiger partial charge on any atom is -0.321 e. The highest BCUT2D eigenvalue weighted by Gasteiger charge is 2.29. The topological polar surface area (TPSA) is 101 Å². The molecular formula is C21H16N4O4S. The van der Waals surface area contributed by atoms with E-state index in [-0.39, 0.29) is 34.7 Å². The predicted molar refractivity (Wildman–Crippen MR) is 113 cm³/mol. The Morgan fingerprint density at radius 2 is 1.70 bits per heavy atom. The first-order valence-electron chi connectivity index (χ1n) is 9.04. The molecule has 9 heteroatoms. The summed E-state index contributed by atoms with van der Waals surface area (Å²) in [5.41, 5.74) is 1.61. The van der Waals surface area contributed by atoms with Gasteiger partial charge >= 0.3 is 0 Å². The molecule has 3 aromatic rings. The molecule has 0 unspecified atom stereocenters. The van der Waals surface area contributed by atoms with Crippen LogP contribution < -0.4 is 10.9 Å². The number of benzene rings is 2. The molecule has 0 bridgehead atoms. The second-order valence-electron chi connectivity index (χ2n) is 6.49. The van der Waals surface area contributed by atoms with Crippen molar-refractivity contribution in [3.05, 3.63) is 88.3 Å². The van der Waals surface area contributed by atoms with Crippen LogP contribution in [0.5, 0.6) is 0 Å². The number of hydrogen-bond acceptors (Lipinski definition) is 6. The number of carbonyl (C=O) groups is 3. The van der Waals surface area contributed by atoms with Gasteiger partial charge in [-0.25, -0.2) is 0 Å². The maximum absolute atomic E-state index is 12.6. The summed E-state index contributed by atoms with van der Waals surface area (Å²) in [5.74, 6) is -0.499. The number of hydrogen-bond donors (Lipinski definition) is 1. The molecule has 1 aromatic heterocycles. The van der Waals surface area contributed by atoms with E-state index in [1.807, 2.05) is 6.07 Å². The van der Waals surface area contributed by atoms with E-state index in [9.17, 15) is 19.2 Å². The van der Waals surface area contributed by atoms with Gasteiger partial charge in [0.25, 0.3) is 16.7 Å². The second-order valence-corrected chi connectivity index (χ2v) is 7.42. The molecule has 0 radical (unpaired) electrons. The molecule has 3 amide bonds. The molecule has 1 N–H and O–H groups in total. The molecule has 30 heavy (non-hydrogen) atoms. The van der Waals surface area contributed by atoms with Crippen LogP contribution >= 0.6 is 11.8 Å². The van der Waals surface area contributed by atoms with Gasteiger partial charge < -0.3 is 5.32 Å². The van der Waals surface area contributed by atoms with E-state index in [4.69, 9.17) is 0 Å². The molecule has 1 fully saturated rings. The molecule has 0 spiro atoms. The van der Waals surface area contributed by atoms with E-state index < -0.39 is 5.91 Å². The fourth-order valence-corrected chi connectivity index (χ4v) is 3.62. The first-order chi connectivity index (χ1) is 14.5. The summed E-state index contributed by atoms with van der Waals surface area (Å²) in [6.45, 7) is 0.197. The minimum absolute atomic E-state index is 0.0906. The van der Waals surface area contributed by atoms with Crippen LogP contribution in [0.4, 0.5) is 10.5 Å². The molecule has 4 rings (SSSR count). The molecule has 1 aliphatic heterocycles. The lowest BCUT2D eigenvalue weighted by Crippen LogP contribution is -2.27. The highest BCUT2D eigenvalue weighted by molar-refractivity contribution is 8.14. The Morgan fingerprint density at radius 1 is 0.967 bits per heavy atom. The number of amides is 3. The summed E-state index contributed by atoms with van der Waals surface area (Å²) in [7, 11) is 0. The van der Waals surface area contributed by atoms with Gasteiger partial charge in [-0.3, -0.25) is 24.1 Å². The highest BCUT2D eigenvalue weighted by atomic mass is 32.2. The van der Waals surface area contributed by atoms with Crippen LogP contribution in [0.15, 0.2) is 71.5 Å². The van der Waals surface area contributed by atoms with Crippen LogP contribution in [0.3, 0.4) is 0 Å². The molecule has 0 atom stereocenters. The monoisotopic (exact) mass is 420 g/mol. The third kappa shape index (κ3) is 4.15. The number of anilines is 1. The van der Waals surface area contributed by atoms with Crippen LogP contribution in [0.1, 0.15) is 16.1 Å². The number of imide groups is 1. The smallest absolute Gasteiger partial charge is 0.289 e. The lowest BCUT2D eigenvalue weighted by molar-refractivity contribution is -0.125. The molecule has 1 aliphatic rings. The second kappa shape index (κ2) is 8.34. The van der Waals surface area contributed by atoms with Crippen LogP contribution in [-0.4, -0.2) is 37.5 Å². The Morgan fingerprint density at radius 3 is 2.37 bits per heavy atom. The quantitative estimate of drug-likeness (QED) is 0.681.